The molecule has 0 radical (unpaired) electrons. The van der Waals surface area contributed by atoms with Crippen LogP contribution >= 0.6 is 27.5 Å². The number of esters is 10. The van der Waals surface area contributed by atoms with Gasteiger partial charge in [-0.15, -0.1) is 11.6 Å². The molecule has 0 bridgehead atoms. The number of methoxy groups -OCH3 is 1. The number of benzene rings is 1. The lowest BCUT2D eigenvalue weighted by Crippen LogP contribution is -2.21. The molecule has 4 fully saturated rings. The van der Waals surface area contributed by atoms with Crippen LogP contribution in [0.1, 0.15) is 176 Å². The number of hydrogen-bond donors (Lipinski definition) is 0. The second-order valence-corrected chi connectivity index (χ2v) is 27.4. The third-order valence-corrected chi connectivity index (χ3v) is 16.4. The highest BCUT2D eigenvalue weighted by Crippen LogP contribution is 2.32. The van der Waals surface area contributed by atoms with E-state index in [1.54, 1.807) is 78.8 Å². The van der Waals surface area contributed by atoms with Gasteiger partial charge in [0.1, 0.15) is 49.8 Å². The number of Topliss-reactive ketones (excluding diaryl/α,β-unsaturated/α-hetero) is 9. The van der Waals surface area contributed by atoms with Crippen molar-refractivity contribution < 1.29 is 157 Å². The van der Waals surface area contributed by atoms with Gasteiger partial charge in [-0.05, 0) is 121 Å². The summed E-state index contributed by atoms with van der Waals surface area (Å²) < 4.78 is 79.8. The summed E-state index contributed by atoms with van der Waals surface area (Å²) in [6.07, 6.45) is 9.40. The number of halogens is 4. The fraction of sp³-hybridized carbons (Fsp3) is 0.523. The Morgan fingerprint density at radius 1 is 0.446 bits per heavy atom. The van der Waals surface area contributed by atoms with Gasteiger partial charge in [0.15, 0.2) is 40.5 Å². The highest BCUT2D eigenvalue weighted by molar-refractivity contribution is 9.10. The second-order valence-electron chi connectivity index (χ2n) is 25.8. The van der Waals surface area contributed by atoms with Gasteiger partial charge in [-0.2, -0.15) is 0 Å². The first kappa shape index (κ1) is 117. The van der Waals surface area contributed by atoms with E-state index in [0.29, 0.717) is 25.4 Å². The molecular formula is C86H116BrClF2O31. The van der Waals surface area contributed by atoms with Crippen LogP contribution in [0.25, 0.3) is 0 Å². The Morgan fingerprint density at radius 2 is 0.835 bits per heavy atom. The molecule has 0 spiro atoms. The van der Waals surface area contributed by atoms with Crippen LogP contribution in [0, 0.1) is 17.8 Å². The summed E-state index contributed by atoms with van der Waals surface area (Å²) in [5.41, 5.74) is -1.17. The Hall–Kier alpha value is -10.6. The van der Waals surface area contributed by atoms with Crippen LogP contribution in [0.4, 0.5) is 8.78 Å². The van der Waals surface area contributed by atoms with Gasteiger partial charge in [0.05, 0.1) is 96.0 Å². The van der Waals surface area contributed by atoms with E-state index < -0.39 is 93.7 Å². The summed E-state index contributed by atoms with van der Waals surface area (Å²) in [7, 11) is 1.49. The van der Waals surface area contributed by atoms with E-state index in [4.69, 9.17) is 35.3 Å². The maximum atomic E-state index is 12.0. The van der Waals surface area contributed by atoms with Crippen molar-refractivity contribution in [3.63, 3.8) is 0 Å². The molecule has 0 aromatic heterocycles. The third-order valence-electron chi connectivity index (χ3n) is 15.7. The second kappa shape index (κ2) is 68.1. The minimum absolute atomic E-state index is 0.000602. The predicted molar refractivity (Wildman–Crippen MR) is 441 cm³/mol. The number of rotatable bonds is 39. The Labute approximate surface area is 718 Å². The molecule has 35 heteroatoms. The van der Waals surface area contributed by atoms with E-state index >= 15 is 0 Å². The standard InChI is InChI=1S/C15H16O4.C11H16O3.C11H18O3.C9H12O5.C9H12O3.C8H11BrO3.C8H11ClO3.C8H12O4.C7H8F2O3/c1-11(14(16)12-6-3-2-4-7-12)15(17)19-10-13-8-5-9-18-13;1-3-14-11(13)8(2)10(12)9-6-4-5-7-9;1-2-14-11(13)8-10(12)9-6-4-3-5-7-9;1-6(7(2)10)9(12)14-5-4-13-8(3)11;1-3-12-9(11)6(2)8(10)7-4-5-7;1-4-12-8(11)5(2)7(10)6(3)9;1-5(2)12-8(11)6(3)7(10)4-9;1-6(7(2)9)8(10)12-5-4-11-3;1-3-12-7(11)4(2)5(10)6(8)9/h2-4,6-7,13H,1,5,8-10H2;9H,2-7H2,1H3;9H,2-8H2,1H3;1,4-5H2,2-3H3;7H,2-5H2,1H3;6H,2,4H2,1,3H3;5H,3-4H2,1-2H3;1,4-5H2,2-3H3;6H,2-3H2,1H3. The molecule has 1 aromatic rings. The van der Waals surface area contributed by atoms with E-state index in [1.165, 1.54) is 41.2 Å². The Balaban J connectivity index is -0.000000639. The molecule has 121 heavy (non-hydrogen) atoms. The zero-order valence-electron chi connectivity index (χ0n) is 71.1. The van der Waals surface area contributed by atoms with Crippen molar-refractivity contribution in [1.29, 1.82) is 0 Å². The molecule has 5 rings (SSSR count). The van der Waals surface area contributed by atoms with Crippen molar-refractivity contribution >= 4 is 139 Å². The first-order valence-electron chi connectivity index (χ1n) is 38.4. The summed E-state index contributed by atoms with van der Waals surface area (Å²) in [6, 6.07) is 8.55. The molecule has 3 saturated carbocycles. The van der Waals surface area contributed by atoms with Gasteiger partial charge in [-0.25, -0.2) is 47.1 Å². The van der Waals surface area contributed by atoms with Crippen molar-refractivity contribution in [2.75, 3.05) is 85.7 Å². The van der Waals surface area contributed by atoms with Gasteiger partial charge in [-0.1, -0.05) is 131 Å². The largest absolute Gasteiger partial charge is 0.466 e. The van der Waals surface area contributed by atoms with Crippen LogP contribution < -0.4 is 0 Å². The SMILES string of the molecule is C=C(C(=O)CCl)C(=O)OC(C)C.C=C(C(=O)OCC)C(=O)C(C)Br.C=C(C(=O)OCC)C(=O)C(F)F.C=C(C(=O)OCC)C(=O)C1CC1.C=C(C(=O)OCC)C(=O)C1CCCC1.C=C(C(=O)OCC1CCCO1)C(=O)c1ccccc1.C=C(C(C)=O)C(=O)OCCOC.C=C(C(C)=O)C(=O)OCCOC(C)=O.CCOC(=O)CC(=O)C1CCCCC1. The molecule has 1 aromatic carbocycles. The molecule has 2 atom stereocenters. The summed E-state index contributed by atoms with van der Waals surface area (Å²) in [4.78, 5) is 209. The van der Waals surface area contributed by atoms with Crippen LogP contribution in [-0.4, -0.2) is 221 Å². The van der Waals surface area contributed by atoms with Gasteiger partial charge >= 0.3 is 66.1 Å². The Kier molecular flexibility index (Phi) is 65.7. The van der Waals surface area contributed by atoms with Crippen LogP contribution in [0.15, 0.2) is 128 Å². The maximum absolute atomic E-state index is 12.0. The van der Waals surface area contributed by atoms with E-state index in [-0.39, 0.29) is 169 Å². The number of ether oxygens (including phenoxy) is 12. The van der Waals surface area contributed by atoms with Gasteiger partial charge in [0, 0.05) is 44.0 Å². The van der Waals surface area contributed by atoms with E-state index in [0.717, 1.165) is 77.0 Å². The van der Waals surface area contributed by atoms with Gasteiger partial charge in [0.2, 0.25) is 5.78 Å². The lowest BCUT2D eigenvalue weighted by atomic mass is 9.85. The maximum Gasteiger partial charge on any atom is 0.341 e. The zero-order chi connectivity index (χ0) is 93.6. The highest BCUT2D eigenvalue weighted by atomic mass is 79.9. The van der Waals surface area contributed by atoms with Gasteiger partial charge in [0.25, 0.3) is 0 Å². The summed E-state index contributed by atoms with van der Waals surface area (Å²) >= 11 is 8.25. The average Bonchev–Trinajstić information content (AvgIpc) is 1.73. The van der Waals surface area contributed by atoms with Crippen LogP contribution in [0.5, 0.6) is 0 Å². The van der Waals surface area contributed by atoms with Crippen LogP contribution in [0.2, 0.25) is 0 Å². The number of carbonyl (C=O) groups is 19. The average molecular weight is 1800 g/mol. The van der Waals surface area contributed by atoms with Gasteiger partial charge in [-0.3, -0.25) is 52.7 Å². The number of ketones is 9. The molecule has 3 aliphatic carbocycles. The van der Waals surface area contributed by atoms with Crippen molar-refractivity contribution in [2.45, 2.75) is 190 Å². The third kappa shape index (κ3) is 54.3. The number of hydrogen-bond acceptors (Lipinski definition) is 31. The molecule has 4 aliphatic rings. The number of alkyl halides is 4. The number of carbonyl (C=O) groups excluding carboxylic acids is 19. The van der Waals surface area contributed by atoms with E-state index in [9.17, 15) is 99.9 Å². The van der Waals surface area contributed by atoms with Crippen molar-refractivity contribution in [3.05, 3.63) is 133 Å². The molecule has 0 amide bonds. The monoisotopic (exact) mass is 1800 g/mol. The molecule has 0 N–H and O–H groups in total. The molecule has 1 heterocycles. The van der Waals surface area contributed by atoms with Crippen molar-refractivity contribution in [2.24, 2.45) is 17.8 Å². The Bertz CT molecular complexity index is 3650. The minimum Gasteiger partial charge on any atom is -0.466 e. The lowest BCUT2D eigenvalue weighted by Gasteiger charge is -2.19. The quantitative estimate of drug-likeness (QED) is 0.00863. The van der Waals surface area contributed by atoms with Crippen molar-refractivity contribution in [3.8, 4) is 0 Å². The Morgan fingerprint density at radius 3 is 1.21 bits per heavy atom. The van der Waals surface area contributed by atoms with Crippen LogP contribution in [-0.2, 0) is 143 Å². The highest BCUT2D eigenvalue weighted by Gasteiger charge is 2.34. The predicted octanol–water partition coefficient (Wildman–Crippen LogP) is 11.4. The first-order chi connectivity index (χ1) is 56.8. The molecule has 1 saturated heterocycles. The molecular weight excluding hydrogens is 1680 g/mol. The molecule has 674 valence electrons. The van der Waals surface area contributed by atoms with Crippen molar-refractivity contribution in [1.82, 2.24) is 0 Å². The molecule has 1 aliphatic heterocycles. The van der Waals surface area contributed by atoms with E-state index in [1.807, 2.05) is 0 Å². The smallest absolute Gasteiger partial charge is 0.341 e. The fourth-order valence-corrected chi connectivity index (χ4v) is 9.40. The molecule has 2 unspecified atom stereocenters. The lowest BCUT2D eigenvalue weighted by molar-refractivity contribution is -0.149. The minimum atomic E-state index is -3.21. The van der Waals surface area contributed by atoms with Crippen LogP contribution in [0.3, 0.4) is 0 Å². The fourth-order valence-electron chi connectivity index (χ4n) is 8.96. The molecule has 31 nitrogen and oxygen atoms in total. The van der Waals surface area contributed by atoms with E-state index in [2.05, 4.69) is 102 Å². The summed E-state index contributed by atoms with van der Waals surface area (Å²) in [5.74, 6) is -10.5. The van der Waals surface area contributed by atoms with Gasteiger partial charge < -0.3 is 56.8 Å². The summed E-state index contributed by atoms with van der Waals surface area (Å²) in [5, 5.41) is 0. The topological polar surface area (TPSA) is 435 Å². The first-order valence-corrected chi connectivity index (χ1v) is 39.9. The summed E-state index contributed by atoms with van der Waals surface area (Å²) in [6.45, 7) is 45.9. The normalized spacial score (nSPS) is 13.4. The zero-order valence-corrected chi connectivity index (χ0v) is 73.5.